The Labute approximate surface area is 167 Å². The topological polar surface area (TPSA) is 78.7 Å². The van der Waals surface area contributed by atoms with Crippen molar-refractivity contribution in [2.75, 3.05) is 38.7 Å². The van der Waals surface area contributed by atoms with Crippen molar-refractivity contribution >= 4 is 17.7 Å². The Morgan fingerprint density at radius 2 is 2.04 bits per heavy atom. The third-order valence-corrected chi connectivity index (χ3v) is 5.49. The molecule has 4 rings (SSSR count). The van der Waals surface area contributed by atoms with Gasteiger partial charge in [-0.15, -0.1) is 16.8 Å². The van der Waals surface area contributed by atoms with Crippen LogP contribution in [0, 0.1) is 0 Å². The Bertz CT molecular complexity index is 850. The Kier molecular flexibility index (Phi) is 5.82. The van der Waals surface area contributed by atoms with Gasteiger partial charge in [-0.25, -0.2) is 0 Å². The number of aromatic nitrogens is 3. The fourth-order valence-corrected chi connectivity index (χ4v) is 3.98. The van der Waals surface area contributed by atoms with E-state index in [0.717, 1.165) is 5.75 Å². The molecule has 0 N–H and O–H groups in total. The highest BCUT2D eigenvalue weighted by atomic mass is 32.2. The zero-order valence-electron chi connectivity index (χ0n) is 15.5. The van der Waals surface area contributed by atoms with Crippen LogP contribution in [-0.4, -0.2) is 64.2 Å². The van der Waals surface area contributed by atoms with Crippen LogP contribution in [0.5, 0.6) is 11.5 Å². The average molecular weight is 402 g/mol. The van der Waals surface area contributed by atoms with Crippen LogP contribution in [-0.2, 0) is 16.1 Å². The molecular weight excluding hydrogens is 380 g/mol. The van der Waals surface area contributed by atoms with Crippen LogP contribution in [0.1, 0.15) is 11.9 Å². The molecule has 148 valence electrons. The smallest absolute Gasteiger partial charge is 0.233 e. The second-order valence-corrected chi connectivity index (χ2v) is 7.33. The quantitative estimate of drug-likeness (QED) is 0.540. The summed E-state index contributed by atoms with van der Waals surface area (Å²) in [5.74, 6) is 2.45. The van der Waals surface area contributed by atoms with Crippen LogP contribution in [0.3, 0.4) is 0 Å². The van der Waals surface area contributed by atoms with Gasteiger partial charge in [-0.1, -0.05) is 30.0 Å². The van der Waals surface area contributed by atoms with E-state index in [4.69, 9.17) is 14.2 Å². The van der Waals surface area contributed by atoms with Gasteiger partial charge >= 0.3 is 0 Å². The van der Waals surface area contributed by atoms with Gasteiger partial charge in [0.05, 0.1) is 19.0 Å². The van der Waals surface area contributed by atoms with Crippen molar-refractivity contribution in [3.05, 3.63) is 42.7 Å². The van der Waals surface area contributed by atoms with Gasteiger partial charge in [-0.3, -0.25) is 9.36 Å². The molecule has 1 aromatic carbocycles. The number of fused-ring (bicyclic) bond motifs is 1. The minimum Gasteiger partial charge on any atom is -0.485 e. The average Bonchev–Trinajstić information content (AvgIpc) is 3.15. The third-order valence-electron chi connectivity index (χ3n) is 4.54. The number of thioether (sulfide) groups is 1. The highest BCUT2D eigenvalue weighted by Crippen LogP contribution is 2.36. The summed E-state index contributed by atoms with van der Waals surface area (Å²) in [7, 11) is 0. The molecule has 8 nitrogen and oxygen atoms in total. The number of hydrogen-bond acceptors (Lipinski definition) is 7. The number of carbonyl (C=O) groups is 1. The highest BCUT2D eigenvalue weighted by Gasteiger charge is 2.28. The number of benzene rings is 1. The van der Waals surface area contributed by atoms with E-state index in [2.05, 4.69) is 16.8 Å². The van der Waals surface area contributed by atoms with Crippen LogP contribution in [0.4, 0.5) is 0 Å². The van der Waals surface area contributed by atoms with Crippen molar-refractivity contribution in [3.63, 3.8) is 0 Å². The molecule has 0 bridgehead atoms. The number of rotatable bonds is 6. The van der Waals surface area contributed by atoms with Gasteiger partial charge in [0.1, 0.15) is 6.61 Å². The van der Waals surface area contributed by atoms with Gasteiger partial charge in [0.25, 0.3) is 0 Å². The molecule has 1 fully saturated rings. The normalized spacial score (nSPS) is 18.7. The van der Waals surface area contributed by atoms with Crippen molar-refractivity contribution < 1.29 is 19.0 Å². The van der Waals surface area contributed by atoms with Crippen molar-refractivity contribution in [3.8, 4) is 11.5 Å². The van der Waals surface area contributed by atoms with E-state index in [-0.39, 0.29) is 12.0 Å². The van der Waals surface area contributed by atoms with Crippen molar-refractivity contribution in [2.24, 2.45) is 0 Å². The van der Waals surface area contributed by atoms with Gasteiger partial charge in [0.15, 0.2) is 28.6 Å². The number of carbonyl (C=O) groups excluding carboxylic acids is 1. The number of ether oxygens (including phenoxy) is 3. The summed E-state index contributed by atoms with van der Waals surface area (Å²) in [4.78, 5) is 14.2. The summed E-state index contributed by atoms with van der Waals surface area (Å²) in [5.41, 5.74) is 0. The van der Waals surface area contributed by atoms with E-state index in [9.17, 15) is 4.79 Å². The van der Waals surface area contributed by atoms with Gasteiger partial charge in [-0.2, -0.15) is 0 Å². The Morgan fingerprint density at radius 3 is 2.82 bits per heavy atom. The molecular formula is C19H22N4O4S. The lowest BCUT2D eigenvalue weighted by Gasteiger charge is -2.27. The van der Waals surface area contributed by atoms with Crippen LogP contribution in [0.15, 0.2) is 42.1 Å². The number of allylic oxidation sites excluding steroid dienone is 1. The van der Waals surface area contributed by atoms with Gasteiger partial charge < -0.3 is 19.1 Å². The molecule has 2 aliphatic heterocycles. The summed E-state index contributed by atoms with van der Waals surface area (Å²) in [6, 6.07) is 7.55. The Morgan fingerprint density at radius 1 is 1.25 bits per heavy atom. The summed E-state index contributed by atoms with van der Waals surface area (Å²) >= 11 is 1.37. The molecule has 0 radical (unpaired) electrons. The summed E-state index contributed by atoms with van der Waals surface area (Å²) in [6.45, 7) is 7.15. The standard InChI is InChI=1S/C19H22N4O4S/c1-2-7-23-18(16-12-26-14-5-3-4-6-15(14)27-16)20-21-19(23)28-13-17(24)22-8-10-25-11-9-22/h2-6,16H,1,7-13H2/t16-/m0/s1. The number of amides is 1. The maximum atomic E-state index is 12.4. The lowest BCUT2D eigenvalue weighted by Crippen LogP contribution is -2.41. The van der Waals surface area contributed by atoms with Gasteiger partial charge in [0.2, 0.25) is 5.91 Å². The molecule has 1 atom stereocenters. The maximum Gasteiger partial charge on any atom is 0.233 e. The summed E-state index contributed by atoms with van der Waals surface area (Å²) in [5, 5.41) is 9.26. The summed E-state index contributed by atoms with van der Waals surface area (Å²) < 4.78 is 19.1. The monoisotopic (exact) mass is 402 g/mol. The fourth-order valence-electron chi connectivity index (χ4n) is 3.12. The second-order valence-electron chi connectivity index (χ2n) is 6.39. The maximum absolute atomic E-state index is 12.4. The fraction of sp³-hybridized carbons (Fsp3) is 0.421. The number of morpholine rings is 1. The van der Waals surface area contributed by atoms with Crippen LogP contribution in [0.25, 0.3) is 0 Å². The van der Waals surface area contributed by atoms with E-state index < -0.39 is 0 Å². The SMILES string of the molecule is C=CCn1c(SCC(=O)N2CCOCC2)nnc1[C@@H]1COc2ccccc2O1. The number of para-hydroxylation sites is 2. The summed E-state index contributed by atoms with van der Waals surface area (Å²) in [6.07, 6.45) is 1.41. The molecule has 3 heterocycles. The first-order chi connectivity index (χ1) is 13.8. The number of hydrogen-bond donors (Lipinski definition) is 0. The minimum atomic E-state index is -0.369. The zero-order valence-corrected chi connectivity index (χ0v) is 16.3. The molecule has 28 heavy (non-hydrogen) atoms. The molecule has 0 aliphatic carbocycles. The zero-order chi connectivity index (χ0) is 19.3. The Balaban J connectivity index is 1.47. The Hall–Kier alpha value is -2.52. The van der Waals surface area contributed by atoms with Crippen molar-refractivity contribution in [1.82, 2.24) is 19.7 Å². The first kappa shape index (κ1) is 18.8. The first-order valence-electron chi connectivity index (χ1n) is 9.17. The molecule has 9 heteroatoms. The lowest BCUT2D eigenvalue weighted by atomic mass is 10.2. The van der Waals surface area contributed by atoms with E-state index in [0.29, 0.717) is 61.9 Å². The van der Waals surface area contributed by atoms with Gasteiger partial charge in [-0.05, 0) is 12.1 Å². The molecule has 0 unspecified atom stereocenters. The van der Waals surface area contributed by atoms with E-state index in [1.165, 1.54) is 11.8 Å². The van der Waals surface area contributed by atoms with E-state index in [1.54, 1.807) is 6.08 Å². The predicted octanol–water partition coefficient (Wildman–Crippen LogP) is 1.93. The molecule has 1 aromatic heterocycles. The minimum absolute atomic E-state index is 0.0779. The molecule has 0 saturated carbocycles. The van der Waals surface area contributed by atoms with Crippen molar-refractivity contribution in [2.45, 2.75) is 17.8 Å². The third kappa shape index (κ3) is 4.00. The second kappa shape index (κ2) is 8.66. The van der Waals surface area contributed by atoms with E-state index in [1.807, 2.05) is 33.7 Å². The number of nitrogens with zero attached hydrogens (tertiary/aromatic N) is 4. The van der Waals surface area contributed by atoms with Crippen LogP contribution < -0.4 is 9.47 Å². The van der Waals surface area contributed by atoms with E-state index >= 15 is 0 Å². The van der Waals surface area contributed by atoms with Crippen LogP contribution >= 0.6 is 11.8 Å². The van der Waals surface area contributed by atoms with Crippen LogP contribution in [0.2, 0.25) is 0 Å². The molecule has 0 spiro atoms. The molecule has 1 amide bonds. The first-order valence-corrected chi connectivity index (χ1v) is 10.2. The molecule has 1 saturated heterocycles. The van der Waals surface area contributed by atoms with Gasteiger partial charge in [0, 0.05) is 19.6 Å². The predicted molar refractivity (Wildman–Crippen MR) is 104 cm³/mol. The molecule has 2 aliphatic rings. The van der Waals surface area contributed by atoms with Crippen molar-refractivity contribution in [1.29, 1.82) is 0 Å². The molecule has 2 aromatic rings. The largest absolute Gasteiger partial charge is 0.485 e. The highest BCUT2D eigenvalue weighted by molar-refractivity contribution is 7.99. The lowest BCUT2D eigenvalue weighted by molar-refractivity contribution is -0.132.